The minimum Gasteiger partial charge on any atom is -0.462 e. The molecule has 0 spiro atoms. The van der Waals surface area contributed by atoms with E-state index in [2.05, 4.69) is 106 Å². The summed E-state index contributed by atoms with van der Waals surface area (Å²) in [5.41, 5.74) is 0. The van der Waals surface area contributed by atoms with Crippen molar-refractivity contribution in [3.63, 3.8) is 0 Å². The van der Waals surface area contributed by atoms with Crippen molar-refractivity contribution in [3.8, 4) is 0 Å². The van der Waals surface area contributed by atoms with Gasteiger partial charge in [0.25, 0.3) is 0 Å². The van der Waals surface area contributed by atoms with Crippen LogP contribution in [-0.4, -0.2) is 37.2 Å². The van der Waals surface area contributed by atoms with Crippen LogP contribution in [0, 0.1) is 0 Å². The van der Waals surface area contributed by atoms with Crippen molar-refractivity contribution in [2.75, 3.05) is 13.2 Å². The molecule has 0 heterocycles. The van der Waals surface area contributed by atoms with Crippen LogP contribution in [0.4, 0.5) is 0 Å². The molecule has 1 atom stereocenters. The van der Waals surface area contributed by atoms with Gasteiger partial charge < -0.3 is 14.2 Å². The van der Waals surface area contributed by atoms with Crippen LogP contribution in [0.3, 0.4) is 0 Å². The molecule has 0 rings (SSSR count). The summed E-state index contributed by atoms with van der Waals surface area (Å²) in [6, 6.07) is 0. The third-order valence-corrected chi connectivity index (χ3v) is 11.1. The number of allylic oxidation sites excluding steroid dienone is 14. The van der Waals surface area contributed by atoms with E-state index in [-0.39, 0.29) is 31.1 Å². The van der Waals surface area contributed by atoms with Gasteiger partial charge in [-0.2, -0.15) is 0 Å². The van der Waals surface area contributed by atoms with Crippen molar-refractivity contribution in [2.24, 2.45) is 0 Å². The zero-order valence-corrected chi connectivity index (χ0v) is 41.8. The molecule has 6 nitrogen and oxygen atoms in total. The smallest absolute Gasteiger partial charge is 0.306 e. The SMILES string of the molecule is CC/C=C\C/C=C\C/C=C\C/C=C\CCCCCCCCC(=O)OCC(COC(=O)CCCCC/C=C\CCCCCCCC)OC(=O)CCCCCCCCC/C=C\C/C=C\CC. The molecule has 0 saturated carbocycles. The van der Waals surface area contributed by atoms with Gasteiger partial charge >= 0.3 is 17.9 Å². The first-order valence-corrected chi connectivity index (χ1v) is 26.6. The Morgan fingerprint density at radius 3 is 0.984 bits per heavy atom. The zero-order chi connectivity index (χ0) is 46.5. The van der Waals surface area contributed by atoms with Crippen molar-refractivity contribution >= 4 is 17.9 Å². The van der Waals surface area contributed by atoms with Crippen LogP contribution in [0.15, 0.2) is 85.1 Å². The lowest BCUT2D eigenvalue weighted by atomic mass is 10.1. The number of carbonyl (C=O) groups is 3. The summed E-state index contributed by atoms with van der Waals surface area (Å²) in [5.74, 6) is -0.929. The quantitative estimate of drug-likeness (QED) is 0.0262. The van der Waals surface area contributed by atoms with Gasteiger partial charge in [0.05, 0.1) is 0 Å². The molecule has 0 saturated heterocycles. The van der Waals surface area contributed by atoms with Crippen LogP contribution in [0.2, 0.25) is 0 Å². The van der Waals surface area contributed by atoms with Gasteiger partial charge in [0, 0.05) is 19.3 Å². The molecule has 0 aliphatic rings. The van der Waals surface area contributed by atoms with Crippen LogP contribution in [0.1, 0.15) is 245 Å². The third-order valence-electron chi connectivity index (χ3n) is 11.1. The Balaban J connectivity index is 4.42. The Morgan fingerprint density at radius 1 is 0.328 bits per heavy atom. The minimum atomic E-state index is -0.793. The average Bonchev–Trinajstić information content (AvgIpc) is 3.29. The summed E-state index contributed by atoms with van der Waals surface area (Å²) >= 11 is 0. The highest BCUT2D eigenvalue weighted by atomic mass is 16.6. The van der Waals surface area contributed by atoms with E-state index < -0.39 is 6.10 Å². The standard InChI is InChI=1S/C58H98O6/c1-4-7-10-13-16-19-22-25-27-28-29-30-31-34-36-39-42-45-48-51-57(60)63-54-55(53-62-56(59)50-47-44-41-38-35-32-24-21-18-15-12-9-6-3)64-58(61)52-49-46-43-40-37-33-26-23-20-17-14-11-8-5-2/h7-8,10-11,16-17,19-20,25,27,29-30,32,35,55H,4-6,9,12-15,18,21-24,26,28,31,33-34,36-54H2,1-3H3/b10-7-,11-8-,19-16-,20-17-,27-25-,30-29-,35-32-. The lowest BCUT2D eigenvalue weighted by Gasteiger charge is -2.18. The molecule has 0 N–H and O–H groups in total. The number of ether oxygens (including phenoxy) is 3. The summed E-state index contributed by atoms with van der Waals surface area (Å²) in [4.78, 5) is 38.0. The van der Waals surface area contributed by atoms with E-state index in [1.54, 1.807) is 0 Å². The average molecular weight is 891 g/mol. The maximum atomic E-state index is 12.8. The van der Waals surface area contributed by atoms with Crippen molar-refractivity contribution in [2.45, 2.75) is 252 Å². The zero-order valence-electron chi connectivity index (χ0n) is 41.8. The highest BCUT2D eigenvalue weighted by Crippen LogP contribution is 2.14. The second-order valence-electron chi connectivity index (χ2n) is 17.4. The van der Waals surface area contributed by atoms with Crippen LogP contribution in [0.5, 0.6) is 0 Å². The van der Waals surface area contributed by atoms with E-state index in [0.717, 1.165) is 128 Å². The molecular weight excluding hydrogens is 793 g/mol. The summed E-state index contributed by atoms with van der Waals surface area (Å²) in [6.45, 7) is 6.38. The second kappa shape index (κ2) is 52.2. The lowest BCUT2D eigenvalue weighted by Crippen LogP contribution is -2.30. The first kappa shape index (κ1) is 60.6. The van der Waals surface area contributed by atoms with Gasteiger partial charge in [0.2, 0.25) is 0 Å². The van der Waals surface area contributed by atoms with E-state index in [1.165, 1.54) is 77.0 Å². The molecule has 1 unspecified atom stereocenters. The van der Waals surface area contributed by atoms with E-state index in [1.807, 2.05) is 0 Å². The van der Waals surface area contributed by atoms with Gasteiger partial charge in [-0.15, -0.1) is 0 Å². The highest BCUT2D eigenvalue weighted by Gasteiger charge is 2.19. The molecule has 0 amide bonds. The summed E-state index contributed by atoms with van der Waals surface area (Å²) in [5, 5.41) is 0. The van der Waals surface area contributed by atoms with Crippen molar-refractivity contribution < 1.29 is 28.6 Å². The fraction of sp³-hybridized carbons (Fsp3) is 0.707. The van der Waals surface area contributed by atoms with Gasteiger partial charge in [-0.1, -0.05) is 202 Å². The predicted molar refractivity (Wildman–Crippen MR) is 274 cm³/mol. The number of carbonyl (C=O) groups excluding carboxylic acids is 3. The molecule has 6 heteroatoms. The molecule has 0 fully saturated rings. The summed E-state index contributed by atoms with van der Waals surface area (Å²) in [7, 11) is 0. The van der Waals surface area contributed by atoms with Crippen molar-refractivity contribution in [3.05, 3.63) is 85.1 Å². The molecular formula is C58H98O6. The molecule has 0 bridgehead atoms. The first-order chi connectivity index (χ1) is 31.5. The molecule has 0 aliphatic carbocycles. The highest BCUT2D eigenvalue weighted by molar-refractivity contribution is 5.71. The number of esters is 3. The largest absolute Gasteiger partial charge is 0.462 e. The first-order valence-electron chi connectivity index (χ1n) is 26.6. The van der Waals surface area contributed by atoms with Crippen LogP contribution in [0.25, 0.3) is 0 Å². The van der Waals surface area contributed by atoms with Gasteiger partial charge in [0.1, 0.15) is 13.2 Å². The van der Waals surface area contributed by atoms with Crippen LogP contribution >= 0.6 is 0 Å². The van der Waals surface area contributed by atoms with E-state index >= 15 is 0 Å². The Hall–Kier alpha value is -3.41. The van der Waals surface area contributed by atoms with Crippen LogP contribution in [-0.2, 0) is 28.6 Å². The molecule has 0 radical (unpaired) electrons. The van der Waals surface area contributed by atoms with E-state index in [4.69, 9.17) is 14.2 Å². The Kier molecular flexibility index (Phi) is 49.4. The maximum absolute atomic E-state index is 12.8. The fourth-order valence-electron chi connectivity index (χ4n) is 7.17. The molecule has 366 valence electrons. The summed E-state index contributed by atoms with van der Waals surface area (Å²) < 4.78 is 16.8. The Labute approximate surface area is 395 Å². The van der Waals surface area contributed by atoms with Gasteiger partial charge in [0.15, 0.2) is 6.10 Å². The third kappa shape index (κ3) is 49.6. The number of rotatable bonds is 47. The second-order valence-corrected chi connectivity index (χ2v) is 17.4. The predicted octanol–water partition coefficient (Wildman–Crippen LogP) is 17.6. The maximum Gasteiger partial charge on any atom is 0.306 e. The number of hydrogen-bond donors (Lipinski definition) is 0. The van der Waals surface area contributed by atoms with Gasteiger partial charge in [-0.05, 0) is 109 Å². The summed E-state index contributed by atoms with van der Waals surface area (Å²) in [6.07, 6.45) is 67.1. The minimum absolute atomic E-state index is 0.0924. The Bertz CT molecular complexity index is 1250. The van der Waals surface area contributed by atoms with Crippen LogP contribution < -0.4 is 0 Å². The van der Waals surface area contributed by atoms with E-state index in [0.29, 0.717) is 19.3 Å². The number of unbranched alkanes of at least 4 members (excludes halogenated alkanes) is 22. The topological polar surface area (TPSA) is 78.9 Å². The van der Waals surface area contributed by atoms with Gasteiger partial charge in [-0.3, -0.25) is 14.4 Å². The van der Waals surface area contributed by atoms with Gasteiger partial charge in [-0.25, -0.2) is 0 Å². The molecule has 64 heavy (non-hydrogen) atoms. The molecule has 0 aromatic rings. The van der Waals surface area contributed by atoms with Crippen molar-refractivity contribution in [1.29, 1.82) is 0 Å². The molecule has 0 aliphatic heterocycles. The van der Waals surface area contributed by atoms with Crippen molar-refractivity contribution in [1.82, 2.24) is 0 Å². The van der Waals surface area contributed by atoms with E-state index in [9.17, 15) is 14.4 Å². The molecule has 0 aromatic carbocycles. The lowest BCUT2D eigenvalue weighted by molar-refractivity contribution is -0.167. The monoisotopic (exact) mass is 891 g/mol. The number of hydrogen-bond acceptors (Lipinski definition) is 6. The molecule has 0 aromatic heterocycles. The normalized spacial score (nSPS) is 12.7. The Morgan fingerprint density at radius 2 is 0.609 bits per heavy atom. The fourth-order valence-corrected chi connectivity index (χ4v) is 7.17.